The van der Waals surface area contributed by atoms with Gasteiger partial charge in [-0.15, -0.1) is 0 Å². The molecular weight excluding hydrogens is 386 g/mol. The molecule has 1 saturated heterocycles. The van der Waals surface area contributed by atoms with Crippen molar-refractivity contribution in [2.75, 3.05) is 19.7 Å². The SMILES string of the molecule is CC(COc1ccncn1)CC(c1ccc(O)cc1)N1CCC(c2ccccc2)CC1. The maximum atomic E-state index is 9.76. The van der Waals surface area contributed by atoms with Crippen LogP contribution < -0.4 is 4.74 Å². The van der Waals surface area contributed by atoms with Gasteiger partial charge in [0.15, 0.2) is 0 Å². The van der Waals surface area contributed by atoms with Gasteiger partial charge in [-0.2, -0.15) is 0 Å². The van der Waals surface area contributed by atoms with Crippen LogP contribution in [0.2, 0.25) is 0 Å². The quantitative estimate of drug-likeness (QED) is 0.545. The molecule has 0 radical (unpaired) electrons. The first-order valence-electron chi connectivity index (χ1n) is 11.2. The summed E-state index contributed by atoms with van der Waals surface area (Å²) in [5.74, 6) is 1.93. The molecule has 0 spiro atoms. The number of aromatic nitrogens is 2. The highest BCUT2D eigenvalue weighted by molar-refractivity contribution is 5.28. The lowest BCUT2D eigenvalue weighted by Crippen LogP contribution is -2.37. The summed E-state index contributed by atoms with van der Waals surface area (Å²) in [6.45, 7) is 4.99. The molecule has 2 aromatic carbocycles. The molecule has 162 valence electrons. The number of piperidine rings is 1. The molecule has 5 heteroatoms. The number of phenolic OH excluding ortho intramolecular Hbond substituents is 1. The van der Waals surface area contributed by atoms with Crippen LogP contribution in [0.1, 0.15) is 49.3 Å². The van der Waals surface area contributed by atoms with Crippen molar-refractivity contribution in [3.63, 3.8) is 0 Å². The Morgan fingerprint density at radius 3 is 2.45 bits per heavy atom. The summed E-state index contributed by atoms with van der Waals surface area (Å²) in [4.78, 5) is 10.7. The predicted octanol–water partition coefficient (Wildman–Crippen LogP) is 5.21. The normalized spacial score (nSPS) is 17.2. The third-order valence-electron chi connectivity index (χ3n) is 6.22. The second kappa shape index (κ2) is 10.4. The fourth-order valence-electron chi connectivity index (χ4n) is 4.50. The van der Waals surface area contributed by atoms with E-state index in [1.54, 1.807) is 24.4 Å². The van der Waals surface area contributed by atoms with Gasteiger partial charge in [-0.1, -0.05) is 49.4 Å². The van der Waals surface area contributed by atoms with Gasteiger partial charge >= 0.3 is 0 Å². The van der Waals surface area contributed by atoms with Gasteiger partial charge < -0.3 is 9.84 Å². The molecule has 1 fully saturated rings. The van der Waals surface area contributed by atoms with Crippen molar-refractivity contribution >= 4 is 0 Å². The minimum absolute atomic E-state index is 0.307. The van der Waals surface area contributed by atoms with E-state index in [1.165, 1.54) is 30.3 Å². The third-order valence-corrected chi connectivity index (χ3v) is 6.22. The van der Waals surface area contributed by atoms with Crippen molar-refractivity contribution in [2.45, 2.75) is 38.1 Å². The van der Waals surface area contributed by atoms with E-state index < -0.39 is 0 Å². The van der Waals surface area contributed by atoms with Crippen molar-refractivity contribution in [2.24, 2.45) is 5.92 Å². The molecule has 1 aliphatic rings. The average molecular weight is 418 g/mol. The Labute approximate surface area is 184 Å². The Bertz CT molecular complexity index is 910. The zero-order chi connectivity index (χ0) is 21.5. The molecule has 2 unspecified atom stereocenters. The lowest BCUT2D eigenvalue weighted by atomic mass is 9.87. The summed E-state index contributed by atoms with van der Waals surface area (Å²) in [5, 5.41) is 9.76. The van der Waals surface area contributed by atoms with Gasteiger partial charge in [-0.05, 0) is 67.4 Å². The van der Waals surface area contributed by atoms with Crippen LogP contribution in [0.25, 0.3) is 0 Å². The monoisotopic (exact) mass is 417 g/mol. The first-order valence-corrected chi connectivity index (χ1v) is 11.2. The molecule has 3 aromatic rings. The smallest absolute Gasteiger partial charge is 0.216 e. The van der Waals surface area contributed by atoms with Crippen LogP contribution in [-0.4, -0.2) is 39.7 Å². The number of aromatic hydroxyl groups is 1. The van der Waals surface area contributed by atoms with Gasteiger partial charge in [-0.25, -0.2) is 9.97 Å². The van der Waals surface area contributed by atoms with Crippen LogP contribution in [0.4, 0.5) is 0 Å². The van der Waals surface area contributed by atoms with E-state index in [9.17, 15) is 5.11 Å². The molecule has 0 amide bonds. The lowest BCUT2D eigenvalue weighted by Gasteiger charge is -2.39. The van der Waals surface area contributed by atoms with Crippen molar-refractivity contribution in [1.29, 1.82) is 0 Å². The number of hydrogen-bond acceptors (Lipinski definition) is 5. The van der Waals surface area contributed by atoms with Crippen LogP contribution in [0.3, 0.4) is 0 Å². The van der Waals surface area contributed by atoms with Crippen molar-refractivity contribution in [3.05, 3.63) is 84.3 Å². The summed E-state index contributed by atoms with van der Waals surface area (Å²) >= 11 is 0. The molecule has 4 rings (SSSR count). The van der Waals surface area contributed by atoms with Gasteiger partial charge in [0.25, 0.3) is 0 Å². The summed E-state index contributed by atoms with van der Waals surface area (Å²) < 4.78 is 5.88. The second-order valence-electron chi connectivity index (χ2n) is 8.53. The standard InChI is InChI=1S/C26H31N3O2/c1-20(18-31-26-11-14-27-19-28-26)17-25(23-7-9-24(30)10-8-23)29-15-12-22(13-16-29)21-5-3-2-4-6-21/h2-11,14,19-20,22,25,30H,12-13,15-18H2,1H3. The lowest BCUT2D eigenvalue weighted by molar-refractivity contribution is 0.121. The fourth-order valence-corrected chi connectivity index (χ4v) is 4.50. The summed E-state index contributed by atoms with van der Waals surface area (Å²) in [7, 11) is 0. The van der Waals surface area contributed by atoms with E-state index in [4.69, 9.17) is 4.74 Å². The Morgan fingerprint density at radius 2 is 1.77 bits per heavy atom. The van der Waals surface area contributed by atoms with Crippen LogP contribution in [0.5, 0.6) is 11.6 Å². The topological polar surface area (TPSA) is 58.5 Å². The number of benzene rings is 2. The van der Waals surface area contributed by atoms with Crippen molar-refractivity contribution in [3.8, 4) is 11.6 Å². The van der Waals surface area contributed by atoms with E-state index in [2.05, 4.69) is 64.3 Å². The predicted molar refractivity (Wildman–Crippen MR) is 122 cm³/mol. The minimum atomic E-state index is 0.307. The molecule has 0 aliphatic carbocycles. The summed E-state index contributed by atoms with van der Waals surface area (Å²) in [5.41, 5.74) is 2.71. The number of likely N-dealkylation sites (tertiary alicyclic amines) is 1. The molecule has 1 N–H and O–H groups in total. The van der Waals surface area contributed by atoms with Crippen LogP contribution in [-0.2, 0) is 0 Å². The molecule has 2 heterocycles. The number of ether oxygens (including phenoxy) is 1. The Hall–Kier alpha value is -2.92. The zero-order valence-corrected chi connectivity index (χ0v) is 18.1. The molecule has 1 aromatic heterocycles. The maximum Gasteiger partial charge on any atom is 0.216 e. The van der Waals surface area contributed by atoms with Gasteiger partial charge in [0.2, 0.25) is 5.88 Å². The van der Waals surface area contributed by atoms with E-state index in [-0.39, 0.29) is 0 Å². The number of hydrogen-bond donors (Lipinski definition) is 1. The van der Waals surface area contributed by atoms with E-state index in [0.29, 0.717) is 36.1 Å². The Kier molecular flexibility index (Phi) is 7.15. The second-order valence-corrected chi connectivity index (χ2v) is 8.53. The third kappa shape index (κ3) is 5.82. The largest absolute Gasteiger partial charge is 0.508 e. The first kappa shape index (κ1) is 21.3. The van der Waals surface area contributed by atoms with Crippen LogP contribution in [0, 0.1) is 5.92 Å². The highest BCUT2D eigenvalue weighted by atomic mass is 16.5. The van der Waals surface area contributed by atoms with Gasteiger partial charge in [-0.3, -0.25) is 4.90 Å². The average Bonchev–Trinajstić information content (AvgIpc) is 2.83. The van der Waals surface area contributed by atoms with Gasteiger partial charge in [0.05, 0.1) is 6.61 Å². The fraction of sp³-hybridized carbons (Fsp3) is 0.385. The van der Waals surface area contributed by atoms with E-state index >= 15 is 0 Å². The molecule has 5 nitrogen and oxygen atoms in total. The molecular formula is C26H31N3O2. The molecule has 2 atom stereocenters. The first-order chi connectivity index (χ1) is 15.2. The highest BCUT2D eigenvalue weighted by Crippen LogP contribution is 2.35. The molecule has 0 bridgehead atoms. The summed E-state index contributed by atoms with van der Waals surface area (Å²) in [6, 6.07) is 20.7. The Morgan fingerprint density at radius 1 is 1.03 bits per heavy atom. The Balaban J connectivity index is 1.41. The zero-order valence-electron chi connectivity index (χ0n) is 18.1. The maximum absolute atomic E-state index is 9.76. The molecule has 0 saturated carbocycles. The van der Waals surface area contributed by atoms with Crippen LogP contribution >= 0.6 is 0 Å². The van der Waals surface area contributed by atoms with E-state index in [1.807, 2.05) is 0 Å². The van der Waals surface area contributed by atoms with Gasteiger partial charge in [0, 0.05) is 18.3 Å². The number of rotatable bonds is 8. The summed E-state index contributed by atoms with van der Waals surface area (Å²) in [6.07, 6.45) is 6.54. The van der Waals surface area contributed by atoms with E-state index in [0.717, 1.165) is 19.5 Å². The molecule has 1 aliphatic heterocycles. The number of phenols is 1. The van der Waals surface area contributed by atoms with Crippen molar-refractivity contribution < 1.29 is 9.84 Å². The van der Waals surface area contributed by atoms with Gasteiger partial charge in [0.1, 0.15) is 12.1 Å². The van der Waals surface area contributed by atoms with Crippen molar-refractivity contribution in [1.82, 2.24) is 14.9 Å². The van der Waals surface area contributed by atoms with Crippen LogP contribution in [0.15, 0.2) is 73.2 Å². The highest BCUT2D eigenvalue weighted by Gasteiger charge is 2.28. The molecule has 31 heavy (non-hydrogen) atoms. The minimum Gasteiger partial charge on any atom is -0.508 e. The number of nitrogens with zero attached hydrogens (tertiary/aromatic N) is 3.